The van der Waals surface area contributed by atoms with Crippen molar-refractivity contribution in [2.75, 3.05) is 19.1 Å². The Morgan fingerprint density at radius 1 is 1.50 bits per heavy atom. The molecule has 0 rings (SSSR count). The summed E-state index contributed by atoms with van der Waals surface area (Å²) in [5, 5.41) is 0. The standard InChI is InChI=1S/C8H20N2O3S/c1-7(13-2)8(10-9)5-4-6-14(3,11)12/h7-8,10H,4-6,9H2,1-3H3. The minimum absolute atomic E-state index is 0.00162. The SMILES string of the molecule is COC(C)C(CCCS(C)(=O)=O)NN. The molecule has 0 fully saturated rings. The van der Waals surface area contributed by atoms with E-state index in [1.807, 2.05) is 6.92 Å². The molecule has 0 heterocycles. The zero-order valence-corrected chi connectivity index (χ0v) is 9.80. The van der Waals surface area contributed by atoms with Gasteiger partial charge in [-0.2, -0.15) is 0 Å². The highest BCUT2D eigenvalue weighted by Crippen LogP contribution is 2.05. The first-order valence-electron chi connectivity index (χ1n) is 4.57. The van der Waals surface area contributed by atoms with E-state index >= 15 is 0 Å². The Kier molecular flexibility index (Phi) is 6.26. The minimum Gasteiger partial charge on any atom is -0.380 e. The van der Waals surface area contributed by atoms with Crippen molar-refractivity contribution in [3.05, 3.63) is 0 Å². The summed E-state index contributed by atoms with van der Waals surface area (Å²) in [6, 6.07) is 0.00162. The van der Waals surface area contributed by atoms with Crippen molar-refractivity contribution in [1.29, 1.82) is 0 Å². The smallest absolute Gasteiger partial charge is 0.147 e. The lowest BCUT2D eigenvalue weighted by atomic mass is 10.1. The van der Waals surface area contributed by atoms with Gasteiger partial charge in [0.05, 0.1) is 6.10 Å². The van der Waals surface area contributed by atoms with Crippen LogP contribution >= 0.6 is 0 Å². The molecule has 6 heteroatoms. The van der Waals surface area contributed by atoms with Crippen LogP contribution in [0.2, 0.25) is 0 Å². The Labute approximate surface area is 85.9 Å². The fourth-order valence-corrected chi connectivity index (χ4v) is 1.87. The van der Waals surface area contributed by atoms with E-state index in [9.17, 15) is 8.42 Å². The molecule has 0 bridgehead atoms. The van der Waals surface area contributed by atoms with Crippen LogP contribution in [-0.4, -0.2) is 39.7 Å². The van der Waals surface area contributed by atoms with E-state index in [2.05, 4.69) is 5.43 Å². The first kappa shape index (κ1) is 13.8. The summed E-state index contributed by atoms with van der Waals surface area (Å²) >= 11 is 0. The summed E-state index contributed by atoms with van der Waals surface area (Å²) in [6.07, 6.45) is 2.51. The first-order valence-corrected chi connectivity index (χ1v) is 6.63. The van der Waals surface area contributed by atoms with E-state index in [1.54, 1.807) is 7.11 Å². The van der Waals surface area contributed by atoms with Crippen LogP contribution in [0.15, 0.2) is 0 Å². The molecule has 0 radical (unpaired) electrons. The fraction of sp³-hybridized carbons (Fsp3) is 1.00. The molecule has 0 saturated carbocycles. The van der Waals surface area contributed by atoms with Crippen molar-refractivity contribution < 1.29 is 13.2 Å². The topological polar surface area (TPSA) is 81.4 Å². The summed E-state index contributed by atoms with van der Waals surface area (Å²) in [7, 11) is -1.27. The normalized spacial score (nSPS) is 16.6. The monoisotopic (exact) mass is 224 g/mol. The van der Waals surface area contributed by atoms with Crippen LogP contribution < -0.4 is 11.3 Å². The molecule has 5 nitrogen and oxygen atoms in total. The molecule has 0 amide bonds. The Hall–Kier alpha value is -0.170. The summed E-state index contributed by atoms with van der Waals surface area (Å²) in [5.74, 6) is 5.52. The number of hydrazine groups is 1. The number of hydrogen-bond acceptors (Lipinski definition) is 5. The second-order valence-corrected chi connectivity index (χ2v) is 5.75. The van der Waals surface area contributed by atoms with Crippen molar-refractivity contribution in [2.45, 2.75) is 31.9 Å². The first-order chi connectivity index (χ1) is 6.40. The highest BCUT2D eigenvalue weighted by Gasteiger charge is 2.15. The molecule has 0 spiro atoms. The van der Waals surface area contributed by atoms with Gasteiger partial charge in [0.25, 0.3) is 0 Å². The highest BCUT2D eigenvalue weighted by molar-refractivity contribution is 7.90. The molecule has 0 aromatic heterocycles. The lowest BCUT2D eigenvalue weighted by Crippen LogP contribution is -2.43. The fourth-order valence-electron chi connectivity index (χ4n) is 1.18. The minimum atomic E-state index is -2.87. The summed E-state index contributed by atoms with van der Waals surface area (Å²) in [4.78, 5) is 0. The second-order valence-electron chi connectivity index (χ2n) is 3.49. The van der Waals surface area contributed by atoms with E-state index in [1.165, 1.54) is 6.26 Å². The van der Waals surface area contributed by atoms with Gasteiger partial charge in [-0.05, 0) is 19.8 Å². The van der Waals surface area contributed by atoms with Crippen LogP contribution in [0.5, 0.6) is 0 Å². The third kappa shape index (κ3) is 6.31. The van der Waals surface area contributed by atoms with Crippen molar-refractivity contribution in [3.8, 4) is 0 Å². The quantitative estimate of drug-likeness (QED) is 0.457. The van der Waals surface area contributed by atoms with Crippen molar-refractivity contribution in [2.24, 2.45) is 5.84 Å². The van der Waals surface area contributed by atoms with Crippen LogP contribution in [0.25, 0.3) is 0 Å². The largest absolute Gasteiger partial charge is 0.380 e. The molecule has 0 aliphatic heterocycles. The van der Waals surface area contributed by atoms with Crippen molar-refractivity contribution in [3.63, 3.8) is 0 Å². The molecule has 14 heavy (non-hydrogen) atoms. The number of rotatable bonds is 7. The van der Waals surface area contributed by atoms with Gasteiger partial charge in [0.15, 0.2) is 0 Å². The lowest BCUT2D eigenvalue weighted by molar-refractivity contribution is 0.0799. The number of nitrogens with one attached hydrogen (secondary N) is 1. The molecule has 2 unspecified atom stereocenters. The van der Waals surface area contributed by atoms with E-state index in [4.69, 9.17) is 10.6 Å². The highest BCUT2D eigenvalue weighted by atomic mass is 32.2. The zero-order valence-electron chi connectivity index (χ0n) is 8.99. The number of nitrogens with two attached hydrogens (primary N) is 1. The molecule has 0 aromatic rings. The van der Waals surface area contributed by atoms with Gasteiger partial charge < -0.3 is 4.74 Å². The lowest BCUT2D eigenvalue weighted by Gasteiger charge is -2.21. The van der Waals surface area contributed by atoms with Crippen LogP contribution in [0.4, 0.5) is 0 Å². The van der Waals surface area contributed by atoms with Gasteiger partial charge in [0.1, 0.15) is 9.84 Å². The van der Waals surface area contributed by atoms with Gasteiger partial charge in [-0.3, -0.25) is 11.3 Å². The zero-order chi connectivity index (χ0) is 11.2. The third-order valence-corrected chi connectivity index (χ3v) is 3.21. The Morgan fingerprint density at radius 3 is 2.43 bits per heavy atom. The van der Waals surface area contributed by atoms with E-state index in [0.717, 1.165) is 0 Å². The second kappa shape index (κ2) is 6.34. The average molecular weight is 224 g/mol. The van der Waals surface area contributed by atoms with Gasteiger partial charge >= 0.3 is 0 Å². The molecule has 0 aliphatic carbocycles. The van der Waals surface area contributed by atoms with E-state index in [0.29, 0.717) is 12.8 Å². The molecule has 0 aromatic carbocycles. The number of hydrogen-bond donors (Lipinski definition) is 2. The Balaban J connectivity index is 3.85. The van der Waals surface area contributed by atoms with Crippen LogP contribution in [0, 0.1) is 0 Å². The molecule has 2 atom stereocenters. The Morgan fingerprint density at radius 2 is 2.07 bits per heavy atom. The van der Waals surface area contributed by atoms with Crippen molar-refractivity contribution >= 4 is 9.84 Å². The number of methoxy groups -OCH3 is 1. The Bertz CT molecular complexity index is 241. The predicted molar refractivity (Wildman–Crippen MR) is 56.5 cm³/mol. The molecular weight excluding hydrogens is 204 g/mol. The number of sulfone groups is 1. The molecule has 0 aliphatic rings. The van der Waals surface area contributed by atoms with Gasteiger partial charge in [0, 0.05) is 25.2 Å². The molecule has 3 N–H and O–H groups in total. The maximum absolute atomic E-state index is 10.9. The van der Waals surface area contributed by atoms with Crippen molar-refractivity contribution in [1.82, 2.24) is 5.43 Å². The van der Waals surface area contributed by atoms with Crippen LogP contribution in [0.1, 0.15) is 19.8 Å². The van der Waals surface area contributed by atoms with E-state index in [-0.39, 0.29) is 17.9 Å². The maximum Gasteiger partial charge on any atom is 0.147 e. The summed E-state index contributed by atoms with van der Waals surface area (Å²) in [5.41, 5.74) is 2.62. The molecule has 86 valence electrons. The average Bonchev–Trinajstić information content (AvgIpc) is 2.09. The third-order valence-electron chi connectivity index (χ3n) is 2.18. The van der Waals surface area contributed by atoms with Gasteiger partial charge in [-0.1, -0.05) is 0 Å². The van der Waals surface area contributed by atoms with Gasteiger partial charge in [0.2, 0.25) is 0 Å². The summed E-state index contributed by atoms with van der Waals surface area (Å²) < 4.78 is 26.8. The number of ether oxygens (including phenoxy) is 1. The van der Waals surface area contributed by atoms with Crippen LogP contribution in [0.3, 0.4) is 0 Å². The van der Waals surface area contributed by atoms with Gasteiger partial charge in [-0.25, -0.2) is 8.42 Å². The molecule has 0 saturated heterocycles. The molecular formula is C8H20N2O3S. The van der Waals surface area contributed by atoms with Crippen LogP contribution in [-0.2, 0) is 14.6 Å². The summed E-state index contributed by atoms with van der Waals surface area (Å²) in [6.45, 7) is 1.89. The van der Waals surface area contributed by atoms with E-state index < -0.39 is 9.84 Å². The predicted octanol–water partition coefficient (Wildman–Crippen LogP) is -0.322. The van der Waals surface area contributed by atoms with Gasteiger partial charge in [-0.15, -0.1) is 0 Å². The maximum atomic E-state index is 10.9.